The monoisotopic (exact) mass is 270 g/mol. The van der Waals surface area contributed by atoms with E-state index in [0.29, 0.717) is 12.0 Å². The van der Waals surface area contributed by atoms with Gasteiger partial charge in [0.2, 0.25) is 0 Å². The third-order valence-electron chi connectivity index (χ3n) is 5.26. The molecule has 0 aromatic rings. The van der Waals surface area contributed by atoms with Crippen LogP contribution in [0.25, 0.3) is 0 Å². The van der Waals surface area contributed by atoms with Gasteiger partial charge in [0.25, 0.3) is 0 Å². The summed E-state index contributed by atoms with van der Waals surface area (Å²) in [6, 6.07) is 0.421. The molecule has 0 spiro atoms. The van der Waals surface area contributed by atoms with E-state index >= 15 is 0 Å². The first-order valence-electron chi connectivity index (χ1n) is 7.55. The first-order chi connectivity index (χ1) is 8.50. The Balaban J connectivity index is 3.10. The molecule has 0 radical (unpaired) electrons. The molecule has 0 bridgehead atoms. The Morgan fingerprint density at radius 2 is 1.84 bits per heavy atom. The molecule has 3 unspecified atom stereocenters. The molecule has 3 heteroatoms. The van der Waals surface area contributed by atoms with Crippen molar-refractivity contribution in [1.82, 2.24) is 10.2 Å². The van der Waals surface area contributed by atoms with Gasteiger partial charge in [0.05, 0.1) is 11.2 Å². The van der Waals surface area contributed by atoms with Crippen LogP contribution in [0.1, 0.15) is 54.4 Å². The van der Waals surface area contributed by atoms with E-state index in [1.807, 2.05) is 0 Å². The Kier molecular flexibility index (Phi) is 4.76. The summed E-state index contributed by atoms with van der Waals surface area (Å²) in [4.78, 5) is 2.36. The second kappa shape index (κ2) is 5.34. The average Bonchev–Trinajstić information content (AvgIpc) is 2.47. The molecule has 1 aliphatic heterocycles. The van der Waals surface area contributed by atoms with Crippen molar-refractivity contribution in [2.75, 3.05) is 21.1 Å². The number of nitrogens with one attached hydrogen (secondary N) is 1. The smallest absolute Gasteiger partial charge is 0.0678 e. The van der Waals surface area contributed by atoms with Gasteiger partial charge in [-0.2, -0.15) is 0 Å². The number of rotatable bonds is 5. The largest absolute Gasteiger partial charge is 0.369 e. The molecule has 0 aromatic carbocycles. The molecule has 19 heavy (non-hydrogen) atoms. The van der Waals surface area contributed by atoms with Crippen LogP contribution in [0, 0.1) is 5.92 Å². The summed E-state index contributed by atoms with van der Waals surface area (Å²) < 4.78 is 6.29. The van der Waals surface area contributed by atoms with Gasteiger partial charge >= 0.3 is 0 Å². The van der Waals surface area contributed by atoms with Crippen molar-refractivity contribution in [3.8, 4) is 0 Å². The summed E-state index contributed by atoms with van der Waals surface area (Å²) >= 11 is 0. The number of ether oxygens (including phenoxy) is 1. The van der Waals surface area contributed by atoms with Crippen molar-refractivity contribution in [2.24, 2.45) is 5.92 Å². The quantitative estimate of drug-likeness (QED) is 0.831. The van der Waals surface area contributed by atoms with E-state index in [0.717, 1.165) is 12.8 Å². The highest BCUT2D eigenvalue weighted by Crippen LogP contribution is 2.46. The Labute approximate surface area is 120 Å². The first-order valence-corrected chi connectivity index (χ1v) is 7.55. The van der Waals surface area contributed by atoms with Crippen molar-refractivity contribution in [3.63, 3.8) is 0 Å². The average molecular weight is 270 g/mol. The maximum atomic E-state index is 6.29. The normalized spacial score (nSPS) is 30.3. The standard InChI is InChI=1S/C16H34N2O/c1-10-16(6,18(8)9)13(17-7)12-11-14(2,3)19-15(12,4)5/h12-13,17H,10-11H2,1-9H3. The summed E-state index contributed by atoms with van der Waals surface area (Å²) in [6.07, 6.45) is 2.23. The van der Waals surface area contributed by atoms with Gasteiger partial charge in [-0.25, -0.2) is 0 Å². The van der Waals surface area contributed by atoms with Crippen LogP contribution in [0.15, 0.2) is 0 Å². The van der Waals surface area contributed by atoms with Gasteiger partial charge in [-0.05, 0) is 68.6 Å². The fraction of sp³-hybridized carbons (Fsp3) is 1.00. The maximum absolute atomic E-state index is 6.29. The molecule has 1 saturated heterocycles. The molecular formula is C16H34N2O. The number of hydrogen-bond donors (Lipinski definition) is 1. The van der Waals surface area contributed by atoms with Crippen LogP contribution in [0.3, 0.4) is 0 Å². The molecule has 1 N–H and O–H groups in total. The van der Waals surface area contributed by atoms with E-state index in [4.69, 9.17) is 4.74 Å². The molecule has 0 aliphatic carbocycles. The lowest BCUT2D eigenvalue weighted by atomic mass is 9.72. The minimum atomic E-state index is -0.0797. The van der Waals surface area contributed by atoms with Crippen LogP contribution >= 0.6 is 0 Å². The van der Waals surface area contributed by atoms with Crippen molar-refractivity contribution in [1.29, 1.82) is 0 Å². The Morgan fingerprint density at radius 1 is 1.32 bits per heavy atom. The molecule has 1 fully saturated rings. The van der Waals surface area contributed by atoms with E-state index in [-0.39, 0.29) is 16.7 Å². The van der Waals surface area contributed by atoms with Gasteiger partial charge in [0.15, 0.2) is 0 Å². The second-order valence-electron chi connectivity index (χ2n) is 7.65. The lowest BCUT2D eigenvalue weighted by molar-refractivity contribution is -0.0836. The zero-order valence-electron chi connectivity index (χ0n) is 14.4. The van der Waals surface area contributed by atoms with E-state index in [1.165, 1.54) is 0 Å². The molecule has 1 rings (SSSR count). The van der Waals surface area contributed by atoms with Crippen LogP contribution in [0.5, 0.6) is 0 Å². The Morgan fingerprint density at radius 3 is 2.11 bits per heavy atom. The molecule has 0 saturated carbocycles. The van der Waals surface area contributed by atoms with Crippen molar-refractivity contribution >= 4 is 0 Å². The second-order valence-corrected chi connectivity index (χ2v) is 7.65. The highest BCUT2D eigenvalue weighted by Gasteiger charge is 2.53. The molecule has 0 amide bonds. The van der Waals surface area contributed by atoms with Crippen LogP contribution in [-0.2, 0) is 4.74 Å². The van der Waals surface area contributed by atoms with Crippen molar-refractivity contribution in [2.45, 2.75) is 77.2 Å². The highest BCUT2D eigenvalue weighted by molar-refractivity contribution is 5.07. The SMILES string of the molecule is CCC(C)(C(NC)C1CC(C)(C)OC1(C)C)N(C)C. The summed E-state index contributed by atoms with van der Waals surface area (Å²) in [5.41, 5.74) is 0.0360. The maximum Gasteiger partial charge on any atom is 0.0678 e. The molecule has 3 atom stereocenters. The third-order valence-corrected chi connectivity index (χ3v) is 5.26. The topological polar surface area (TPSA) is 24.5 Å². The predicted octanol–water partition coefficient (Wildman–Crippen LogP) is 2.90. The third kappa shape index (κ3) is 3.14. The molecule has 114 valence electrons. The Bertz CT molecular complexity index is 312. The lowest BCUT2D eigenvalue weighted by Gasteiger charge is -2.47. The zero-order chi connectivity index (χ0) is 15.1. The van der Waals surface area contributed by atoms with Gasteiger partial charge in [-0.3, -0.25) is 0 Å². The van der Waals surface area contributed by atoms with Gasteiger partial charge in [-0.1, -0.05) is 6.92 Å². The van der Waals surface area contributed by atoms with E-state index in [9.17, 15) is 0 Å². The Hall–Kier alpha value is -0.120. The number of likely N-dealkylation sites (N-methyl/N-ethyl adjacent to an activating group) is 2. The molecule has 1 aliphatic rings. The minimum absolute atomic E-state index is 0.0236. The molecule has 3 nitrogen and oxygen atoms in total. The van der Waals surface area contributed by atoms with Gasteiger partial charge in [-0.15, -0.1) is 0 Å². The molecule has 0 aromatic heterocycles. The molecule has 1 heterocycles. The predicted molar refractivity (Wildman–Crippen MR) is 82.6 cm³/mol. The minimum Gasteiger partial charge on any atom is -0.369 e. The lowest BCUT2D eigenvalue weighted by Crippen LogP contribution is -2.61. The van der Waals surface area contributed by atoms with E-state index in [2.05, 4.69) is 72.9 Å². The van der Waals surface area contributed by atoms with Gasteiger partial charge in [0.1, 0.15) is 0 Å². The van der Waals surface area contributed by atoms with Crippen LogP contribution in [0.4, 0.5) is 0 Å². The van der Waals surface area contributed by atoms with Crippen LogP contribution in [0.2, 0.25) is 0 Å². The summed E-state index contributed by atoms with van der Waals surface area (Å²) in [5.74, 6) is 0.514. The highest BCUT2D eigenvalue weighted by atomic mass is 16.5. The summed E-state index contributed by atoms with van der Waals surface area (Å²) in [6.45, 7) is 13.5. The number of hydrogen-bond acceptors (Lipinski definition) is 3. The molecular weight excluding hydrogens is 236 g/mol. The summed E-state index contributed by atoms with van der Waals surface area (Å²) in [7, 11) is 6.45. The number of nitrogens with zero attached hydrogens (tertiary/aromatic N) is 1. The fourth-order valence-corrected chi connectivity index (χ4v) is 3.88. The van der Waals surface area contributed by atoms with E-state index < -0.39 is 0 Å². The summed E-state index contributed by atoms with van der Waals surface area (Å²) in [5, 5.41) is 3.59. The van der Waals surface area contributed by atoms with Crippen LogP contribution < -0.4 is 5.32 Å². The van der Waals surface area contributed by atoms with E-state index in [1.54, 1.807) is 0 Å². The van der Waals surface area contributed by atoms with Crippen molar-refractivity contribution in [3.05, 3.63) is 0 Å². The van der Waals surface area contributed by atoms with Gasteiger partial charge in [0, 0.05) is 17.5 Å². The first kappa shape index (κ1) is 16.9. The van der Waals surface area contributed by atoms with Crippen molar-refractivity contribution < 1.29 is 4.74 Å². The zero-order valence-corrected chi connectivity index (χ0v) is 14.4. The van der Waals surface area contributed by atoms with Crippen LogP contribution in [-0.4, -0.2) is 48.8 Å². The fourth-order valence-electron chi connectivity index (χ4n) is 3.88. The van der Waals surface area contributed by atoms with Gasteiger partial charge < -0.3 is 15.0 Å².